The van der Waals surface area contributed by atoms with E-state index in [1.165, 1.54) is 12.3 Å². The lowest BCUT2D eigenvalue weighted by Crippen LogP contribution is -2.59. The van der Waals surface area contributed by atoms with Gasteiger partial charge in [-0.2, -0.15) is 0 Å². The van der Waals surface area contributed by atoms with Crippen LogP contribution in [0.3, 0.4) is 0 Å². The third kappa shape index (κ3) is 8.01. The third-order valence-electron chi connectivity index (χ3n) is 10.6. The molecule has 54 heavy (non-hydrogen) atoms. The Hall–Kier alpha value is -4.40. The lowest BCUT2D eigenvalue weighted by molar-refractivity contribution is -0.308. The standard InChI is InChI=1S/C42H48N2O10/c1-25-15-16-26(2)43(25)37(47)19-20-49-35-23-50-41(29-11-7-5-8-12-29)53-33(35)21-31(45)38(40(48)44-27(3)17-18-28(44)4)39-32(46)22-34-36(52-39)24-51-42(54-34)30-13-9-6-10-14-30/h5-20,31-36,38-39,41-42,45-46H,21-24H2,1-4H3/b20-19+/t31?,32-,33+,34+,35-,36-,38?,39-,41-,42-/m1/s1. The van der Waals surface area contributed by atoms with Gasteiger partial charge in [0.25, 0.3) is 5.91 Å². The molecule has 0 spiro atoms. The summed E-state index contributed by atoms with van der Waals surface area (Å²) in [5.74, 6) is -1.91. The fraction of sp³-hybridized carbons (Fsp3) is 0.429. The topological polar surface area (TPSA) is 140 Å². The summed E-state index contributed by atoms with van der Waals surface area (Å²) < 4.78 is 40.5. The van der Waals surface area contributed by atoms with Gasteiger partial charge in [0.1, 0.15) is 18.3 Å². The number of carbonyl (C=O) groups excluding carboxylic acids is 2. The van der Waals surface area contributed by atoms with Gasteiger partial charge in [-0.15, -0.1) is 0 Å². The van der Waals surface area contributed by atoms with Crippen molar-refractivity contribution in [2.75, 3.05) is 13.2 Å². The number of allylic oxidation sites excluding steroid dienone is 1. The first-order chi connectivity index (χ1) is 26.1. The second-order valence-corrected chi connectivity index (χ2v) is 14.3. The number of carbonyl (C=O) groups is 2. The second kappa shape index (κ2) is 16.5. The van der Waals surface area contributed by atoms with E-state index < -0.39 is 67.1 Å². The molecule has 4 aromatic rings. The predicted molar refractivity (Wildman–Crippen MR) is 196 cm³/mol. The molecular formula is C42H48N2O10. The van der Waals surface area contributed by atoms with Gasteiger partial charge in [0, 0.05) is 52.8 Å². The Morgan fingerprint density at radius 3 is 1.93 bits per heavy atom. The molecule has 2 aromatic carbocycles. The lowest BCUT2D eigenvalue weighted by Gasteiger charge is -2.46. The normalized spacial score (nSPS) is 28.3. The minimum Gasteiger partial charge on any atom is -0.493 e. The van der Waals surface area contributed by atoms with Crippen molar-refractivity contribution in [2.24, 2.45) is 5.92 Å². The molecule has 3 aliphatic rings. The first-order valence-corrected chi connectivity index (χ1v) is 18.4. The molecule has 2 aromatic heterocycles. The molecule has 3 fully saturated rings. The van der Waals surface area contributed by atoms with Crippen LogP contribution >= 0.6 is 0 Å². The zero-order valence-corrected chi connectivity index (χ0v) is 30.9. The molecule has 10 atom stereocenters. The van der Waals surface area contributed by atoms with Gasteiger partial charge >= 0.3 is 0 Å². The van der Waals surface area contributed by atoms with Crippen LogP contribution in [0.15, 0.2) is 97.3 Å². The van der Waals surface area contributed by atoms with Crippen molar-refractivity contribution in [1.82, 2.24) is 9.13 Å². The van der Waals surface area contributed by atoms with Crippen molar-refractivity contribution in [3.8, 4) is 0 Å². The van der Waals surface area contributed by atoms with Crippen molar-refractivity contribution in [3.63, 3.8) is 0 Å². The largest absolute Gasteiger partial charge is 0.493 e. The number of hydrogen-bond acceptors (Lipinski definition) is 10. The number of ether oxygens (including phenoxy) is 6. The molecule has 5 heterocycles. The fourth-order valence-corrected chi connectivity index (χ4v) is 7.74. The quantitative estimate of drug-likeness (QED) is 0.158. The molecule has 7 rings (SSSR count). The fourth-order valence-electron chi connectivity index (χ4n) is 7.74. The molecule has 12 nitrogen and oxygen atoms in total. The maximum atomic E-state index is 14.6. The Labute approximate surface area is 314 Å². The molecule has 0 saturated carbocycles. The van der Waals surface area contributed by atoms with Crippen LogP contribution in [-0.2, 0) is 28.4 Å². The third-order valence-corrected chi connectivity index (χ3v) is 10.6. The van der Waals surface area contributed by atoms with Crippen molar-refractivity contribution < 1.29 is 48.2 Å². The van der Waals surface area contributed by atoms with Gasteiger partial charge in [-0.05, 0) is 52.0 Å². The number of fused-ring (bicyclic) bond motifs is 1. The number of aromatic nitrogens is 2. The molecular weight excluding hydrogens is 692 g/mol. The first-order valence-electron chi connectivity index (χ1n) is 18.4. The average molecular weight is 741 g/mol. The molecule has 0 bridgehead atoms. The van der Waals surface area contributed by atoms with E-state index in [4.69, 9.17) is 28.4 Å². The lowest BCUT2D eigenvalue weighted by atomic mass is 9.83. The maximum Gasteiger partial charge on any atom is 0.258 e. The number of nitrogens with zero attached hydrogens (tertiary/aromatic N) is 2. The SMILES string of the molecule is Cc1ccc(C)n1C(=O)/C=C/O[C@@H]1CO[C@@H](c2ccccc2)O[C@H]1CC(O)C(C(=O)n1c(C)ccc1C)[C@@H]1O[C@@H]2CO[C@@H](c3ccccc3)O[C@H]2C[C@H]1O. The molecule has 0 amide bonds. The van der Waals surface area contributed by atoms with E-state index in [2.05, 4.69) is 0 Å². The van der Waals surface area contributed by atoms with Crippen LogP contribution in [0.2, 0.25) is 0 Å². The van der Waals surface area contributed by atoms with Gasteiger partial charge in [-0.3, -0.25) is 18.7 Å². The van der Waals surface area contributed by atoms with Gasteiger partial charge in [-0.1, -0.05) is 60.7 Å². The van der Waals surface area contributed by atoms with E-state index in [0.29, 0.717) is 11.4 Å². The highest BCUT2D eigenvalue weighted by Crippen LogP contribution is 2.38. The van der Waals surface area contributed by atoms with E-state index in [-0.39, 0.29) is 32.0 Å². The monoisotopic (exact) mass is 740 g/mol. The summed E-state index contributed by atoms with van der Waals surface area (Å²) in [6.07, 6.45) is -4.85. The smallest absolute Gasteiger partial charge is 0.258 e. The molecule has 3 saturated heterocycles. The van der Waals surface area contributed by atoms with Gasteiger partial charge in [-0.25, -0.2) is 0 Å². The van der Waals surface area contributed by atoms with E-state index >= 15 is 0 Å². The summed E-state index contributed by atoms with van der Waals surface area (Å²) in [5.41, 5.74) is 4.58. The average Bonchev–Trinajstić information content (AvgIpc) is 3.70. The van der Waals surface area contributed by atoms with E-state index in [9.17, 15) is 19.8 Å². The van der Waals surface area contributed by atoms with Gasteiger partial charge in [0.15, 0.2) is 12.6 Å². The molecule has 2 unspecified atom stereocenters. The second-order valence-electron chi connectivity index (χ2n) is 14.3. The highest BCUT2D eigenvalue weighted by atomic mass is 16.7. The number of hydrogen-bond donors (Lipinski definition) is 2. The van der Waals surface area contributed by atoms with Crippen LogP contribution in [0.25, 0.3) is 0 Å². The van der Waals surface area contributed by atoms with Crippen LogP contribution in [0.5, 0.6) is 0 Å². The van der Waals surface area contributed by atoms with E-state index in [0.717, 1.165) is 22.5 Å². The van der Waals surface area contributed by atoms with Crippen LogP contribution in [0, 0.1) is 33.6 Å². The van der Waals surface area contributed by atoms with E-state index in [1.807, 2.05) is 113 Å². The summed E-state index contributed by atoms with van der Waals surface area (Å²) in [4.78, 5) is 27.6. The number of aliphatic hydroxyl groups excluding tert-OH is 2. The zero-order chi connectivity index (χ0) is 37.9. The number of rotatable bonds is 10. The van der Waals surface area contributed by atoms with Crippen molar-refractivity contribution in [1.29, 1.82) is 0 Å². The summed E-state index contributed by atoms with van der Waals surface area (Å²) in [6, 6.07) is 26.3. The van der Waals surface area contributed by atoms with Crippen molar-refractivity contribution in [3.05, 3.63) is 131 Å². The molecule has 286 valence electrons. The summed E-state index contributed by atoms with van der Waals surface area (Å²) in [7, 11) is 0. The van der Waals surface area contributed by atoms with Crippen molar-refractivity contribution >= 4 is 11.8 Å². The van der Waals surface area contributed by atoms with Crippen LogP contribution < -0.4 is 0 Å². The van der Waals surface area contributed by atoms with E-state index in [1.54, 1.807) is 9.13 Å². The van der Waals surface area contributed by atoms with Gasteiger partial charge in [0.2, 0.25) is 5.91 Å². The maximum absolute atomic E-state index is 14.6. The molecule has 12 heteroatoms. The van der Waals surface area contributed by atoms with Crippen LogP contribution in [-0.4, -0.2) is 87.1 Å². The Morgan fingerprint density at radius 2 is 1.31 bits per heavy atom. The zero-order valence-electron chi connectivity index (χ0n) is 30.9. The van der Waals surface area contributed by atoms with Gasteiger partial charge in [0.05, 0.1) is 49.8 Å². The number of benzene rings is 2. The number of aliphatic hydroxyl groups is 2. The minimum atomic E-state index is -1.36. The Kier molecular flexibility index (Phi) is 11.6. The first kappa shape index (κ1) is 37.9. The number of aryl methyl sites for hydroxylation is 4. The molecule has 2 N–H and O–H groups in total. The minimum absolute atomic E-state index is 0.0749. The predicted octanol–water partition coefficient (Wildman–Crippen LogP) is 5.52. The van der Waals surface area contributed by atoms with Crippen LogP contribution in [0.4, 0.5) is 0 Å². The van der Waals surface area contributed by atoms with Gasteiger partial charge < -0.3 is 38.6 Å². The molecule has 3 aliphatic heterocycles. The highest BCUT2D eigenvalue weighted by Gasteiger charge is 2.50. The van der Waals surface area contributed by atoms with Crippen molar-refractivity contribution in [2.45, 2.75) is 95.8 Å². The Morgan fingerprint density at radius 1 is 0.759 bits per heavy atom. The Balaban J connectivity index is 1.13. The molecule has 0 aliphatic carbocycles. The summed E-state index contributed by atoms with van der Waals surface area (Å²) in [5, 5.41) is 23.9. The Bertz CT molecular complexity index is 1880. The highest BCUT2D eigenvalue weighted by molar-refractivity contribution is 5.90. The molecule has 0 radical (unpaired) electrons. The summed E-state index contributed by atoms with van der Waals surface area (Å²) in [6.45, 7) is 7.58. The summed E-state index contributed by atoms with van der Waals surface area (Å²) >= 11 is 0. The van der Waals surface area contributed by atoms with Crippen LogP contribution in [0.1, 0.15) is 68.9 Å².